The Hall–Kier alpha value is -0.610. The molecule has 1 aliphatic rings. The van der Waals surface area contributed by atoms with Crippen LogP contribution in [0.15, 0.2) is 0 Å². The van der Waals surface area contributed by atoms with Crippen LogP contribution in [-0.4, -0.2) is 50.1 Å². The highest BCUT2D eigenvalue weighted by Gasteiger charge is 2.23. The molecule has 1 atom stereocenters. The number of rotatable bonds is 3. The van der Waals surface area contributed by atoms with E-state index in [1.165, 1.54) is 0 Å². The lowest BCUT2D eigenvalue weighted by Gasteiger charge is -2.34. The summed E-state index contributed by atoms with van der Waals surface area (Å²) in [7, 11) is 1.94. The average Bonchev–Trinajstić information content (AvgIpc) is 2.17. The van der Waals surface area contributed by atoms with Gasteiger partial charge in [0, 0.05) is 38.1 Å². The van der Waals surface area contributed by atoms with E-state index in [-0.39, 0.29) is 11.8 Å². The van der Waals surface area contributed by atoms with Crippen LogP contribution in [0.25, 0.3) is 0 Å². The van der Waals surface area contributed by atoms with Crippen LogP contribution < -0.4 is 10.6 Å². The molecule has 1 heterocycles. The number of likely N-dealkylation sites (N-methyl/N-ethyl adjacent to an activating group) is 1. The maximum atomic E-state index is 11.7. The smallest absolute Gasteiger partial charge is 0.225 e. The lowest BCUT2D eigenvalue weighted by Crippen LogP contribution is -2.56. The number of nitrogens with one attached hydrogen (secondary N) is 2. The predicted molar refractivity (Wildman–Crippen MR) is 57.1 cm³/mol. The zero-order valence-corrected chi connectivity index (χ0v) is 9.34. The molecule has 2 N–H and O–H groups in total. The molecule has 0 radical (unpaired) electrons. The fourth-order valence-electron chi connectivity index (χ4n) is 1.77. The lowest BCUT2D eigenvalue weighted by atomic mass is 10.1. The summed E-state index contributed by atoms with van der Waals surface area (Å²) in [4.78, 5) is 13.7. The number of piperazine rings is 1. The van der Waals surface area contributed by atoms with E-state index in [2.05, 4.69) is 10.6 Å². The molecule has 4 nitrogen and oxygen atoms in total. The minimum atomic E-state index is 0.114. The van der Waals surface area contributed by atoms with E-state index >= 15 is 0 Å². The van der Waals surface area contributed by atoms with E-state index in [0.717, 1.165) is 26.2 Å². The Kier molecular flexibility index (Phi) is 4.35. The predicted octanol–water partition coefficient (Wildman–Crippen LogP) is -0.338. The molecule has 0 spiro atoms. The second kappa shape index (κ2) is 5.32. The maximum Gasteiger partial charge on any atom is 0.225 e. The summed E-state index contributed by atoms with van der Waals surface area (Å²) >= 11 is 0. The molecule has 0 bridgehead atoms. The first-order valence-corrected chi connectivity index (χ1v) is 5.32. The zero-order valence-electron chi connectivity index (χ0n) is 9.34. The van der Waals surface area contributed by atoms with Crippen LogP contribution in [0.2, 0.25) is 0 Å². The van der Waals surface area contributed by atoms with Crippen molar-refractivity contribution in [3.8, 4) is 0 Å². The Morgan fingerprint density at radius 1 is 1.64 bits per heavy atom. The van der Waals surface area contributed by atoms with Crippen LogP contribution in [0.5, 0.6) is 0 Å². The summed E-state index contributed by atoms with van der Waals surface area (Å²) in [6.45, 7) is 7.41. The highest BCUT2D eigenvalue weighted by molar-refractivity contribution is 5.78. The molecule has 1 rings (SSSR count). The first-order chi connectivity index (χ1) is 6.65. The van der Waals surface area contributed by atoms with Gasteiger partial charge in [-0.15, -0.1) is 0 Å². The van der Waals surface area contributed by atoms with Crippen LogP contribution in [-0.2, 0) is 4.79 Å². The number of amides is 1. The number of carbonyl (C=O) groups is 1. The Morgan fingerprint density at radius 3 is 2.93 bits per heavy atom. The van der Waals surface area contributed by atoms with Crippen molar-refractivity contribution in [3.63, 3.8) is 0 Å². The highest BCUT2D eigenvalue weighted by Crippen LogP contribution is 2.05. The minimum absolute atomic E-state index is 0.114. The van der Waals surface area contributed by atoms with Crippen LogP contribution in [0, 0.1) is 5.92 Å². The van der Waals surface area contributed by atoms with Gasteiger partial charge in [-0.25, -0.2) is 0 Å². The summed E-state index contributed by atoms with van der Waals surface area (Å²) in [5, 5.41) is 6.51. The lowest BCUT2D eigenvalue weighted by molar-refractivity contribution is -0.135. The SMILES string of the molecule is CNCC1CN(C(=O)C(C)C)CCN1. The van der Waals surface area contributed by atoms with Gasteiger partial charge in [-0.05, 0) is 7.05 Å². The first kappa shape index (κ1) is 11.5. The third kappa shape index (κ3) is 2.96. The molecule has 82 valence electrons. The van der Waals surface area contributed by atoms with Gasteiger partial charge in [0.05, 0.1) is 0 Å². The molecule has 0 aromatic heterocycles. The average molecular weight is 199 g/mol. The van der Waals surface area contributed by atoms with E-state index in [4.69, 9.17) is 0 Å². The van der Waals surface area contributed by atoms with Crippen molar-refractivity contribution in [2.45, 2.75) is 19.9 Å². The second-order valence-corrected chi connectivity index (χ2v) is 4.15. The minimum Gasteiger partial charge on any atom is -0.340 e. The second-order valence-electron chi connectivity index (χ2n) is 4.15. The molecular formula is C10H21N3O. The number of nitrogens with zero attached hydrogens (tertiary/aromatic N) is 1. The van der Waals surface area contributed by atoms with Crippen LogP contribution >= 0.6 is 0 Å². The van der Waals surface area contributed by atoms with Gasteiger partial charge in [0.1, 0.15) is 0 Å². The molecule has 14 heavy (non-hydrogen) atoms. The highest BCUT2D eigenvalue weighted by atomic mass is 16.2. The summed E-state index contributed by atoms with van der Waals surface area (Å²) < 4.78 is 0. The maximum absolute atomic E-state index is 11.7. The monoisotopic (exact) mass is 199 g/mol. The quantitative estimate of drug-likeness (QED) is 0.654. The largest absolute Gasteiger partial charge is 0.340 e. The summed E-state index contributed by atoms with van der Waals surface area (Å²) in [5.41, 5.74) is 0. The fraction of sp³-hybridized carbons (Fsp3) is 0.900. The number of hydrogen-bond acceptors (Lipinski definition) is 3. The van der Waals surface area contributed by atoms with Crippen molar-refractivity contribution in [2.75, 3.05) is 33.2 Å². The van der Waals surface area contributed by atoms with E-state index in [0.29, 0.717) is 6.04 Å². The molecule has 1 saturated heterocycles. The van der Waals surface area contributed by atoms with Crippen molar-refractivity contribution in [3.05, 3.63) is 0 Å². The fourth-order valence-corrected chi connectivity index (χ4v) is 1.77. The molecule has 0 aromatic rings. The molecule has 0 aliphatic carbocycles. The van der Waals surface area contributed by atoms with Crippen molar-refractivity contribution >= 4 is 5.91 Å². The normalized spacial score (nSPS) is 22.9. The third-order valence-corrected chi connectivity index (χ3v) is 2.51. The van der Waals surface area contributed by atoms with Crippen molar-refractivity contribution < 1.29 is 4.79 Å². The van der Waals surface area contributed by atoms with Gasteiger partial charge in [-0.2, -0.15) is 0 Å². The van der Waals surface area contributed by atoms with E-state index in [1.807, 2.05) is 25.8 Å². The molecule has 1 unspecified atom stereocenters. The molecule has 0 aromatic carbocycles. The third-order valence-electron chi connectivity index (χ3n) is 2.51. The summed E-state index contributed by atoms with van der Waals surface area (Å²) in [5.74, 6) is 0.385. The Bertz CT molecular complexity index is 192. The van der Waals surface area contributed by atoms with E-state index in [1.54, 1.807) is 0 Å². The molecule has 1 aliphatic heterocycles. The van der Waals surface area contributed by atoms with Crippen LogP contribution in [0.4, 0.5) is 0 Å². The van der Waals surface area contributed by atoms with Gasteiger partial charge in [-0.3, -0.25) is 4.79 Å². The topological polar surface area (TPSA) is 44.4 Å². The van der Waals surface area contributed by atoms with Crippen molar-refractivity contribution in [1.29, 1.82) is 0 Å². The van der Waals surface area contributed by atoms with Crippen molar-refractivity contribution in [1.82, 2.24) is 15.5 Å². The Balaban J connectivity index is 2.43. The van der Waals surface area contributed by atoms with Gasteiger partial charge in [0.2, 0.25) is 5.91 Å². The van der Waals surface area contributed by atoms with Crippen LogP contribution in [0.3, 0.4) is 0 Å². The zero-order chi connectivity index (χ0) is 10.6. The van der Waals surface area contributed by atoms with E-state index < -0.39 is 0 Å². The molecule has 4 heteroatoms. The Morgan fingerprint density at radius 2 is 2.36 bits per heavy atom. The molecule has 1 fully saturated rings. The summed E-state index contributed by atoms with van der Waals surface area (Å²) in [6, 6.07) is 0.399. The van der Waals surface area contributed by atoms with Gasteiger partial charge < -0.3 is 15.5 Å². The van der Waals surface area contributed by atoms with Crippen molar-refractivity contribution in [2.24, 2.45) is 5.92 Å². The number of hydrogen-bond donors (Lipinski definition) is 2. The molecular weight excluding hydrogens is 178 g/mol. The van der Waals surface area contributed by atoms with Gasteiger partial charge in [0.15, 0.2) is 0 Å². The van der Waals surface area contributed by atoms with Gasteiger partial charge in [0.25, 0.3) is 0 Å². The number of carbonyl (C=O) groups excluding carboxylic acids is 1. The van der Waals surface area contributed by atoms with Gasteiger partial charge in [-0.1, -0.05) is 13.8 Å². The molecule has 0 saturated carbocycles. The van der Waals surface area contributed by atoms with Gasteiger partial charge >= 0.3 is 0 Å². The Labute approximate surface area is 86.0 Å². The first-order valence-electron chi connectivity index (χ1n) is 5.32. The van der Waals surface area contributed by atoms with E-state index in [9.17, 15) is 4.79 Å². The standard InChI is InChI=1S/C10H21N3O/c1-8(2)10(14)13-5-4-12-9(7-13)6-11-3/h8-9,11-12H,4-7H2,1-3H3. The van der Waals surface area contributed by atoms with Crippen LogP contribution in [0.1, 0.15) is 13.8 Å². The molecule has 1 amide bonds. The summed E-state index contributed by atoms with van der Waals surface area (Å²) in [6.07, 6.45) is 0.